The minimum absolute atomic E-state index is 0.211. The van der Waals surface area contributed by atoms with Gasteiger partial charge in [0.25, 0.3) is 0 Å². The number of pyridine rings is 1. The molecule has 1 atom stereocenters. The predicted molar refractivity (Wildman–Crippen MR) is 186 cm³/mol. The number of carbonyl (C=O) groups excluding carboxylic acids is 1. The van der Waals surface area contributed by atoms with Gasteiger partial charge in [0.15, 0.2) is 6.10 Å². The Kier molecular flexibility index (Phi) is 11.7. The van der Waals surface area contributed by atoms with Gasteiger partial charge in [-0.2, -0.15) is 0 Å². The van der Waals surface area contributed by atoms with Gasteiger partial charge in [-0.3, -0.25) is 4.98 Å². The smallest absolute Gasteiger partial charge is 0.340 e. The van der Waals surface area contributed by atoms with Crippen LogP contribution in [0, 0.1) is 18.2 Å². The standard InChI is InChI=1S/C39H51FN2O5/c1-26(2)46-37(43)36(47-38(4,5)6)33-27(3)41-32(19-24-44-9)34(35(33)42-22-20-39(7,8)21-23-42)29-12-16-31(17-13-29)45-25-18-28-10-14-30(40)15-11-28/h10-17,19,24,26,36H,18,20-23,25H2,1-9H3/b24-19+/t36-/m0/s1. The molecule has 47 heavy (non-hydrogen) atoms. The molecule has 3 aromatic rings. The van der Waals surface area contributed by atoms with Gasteiger partial charge in [0.2, 0.25) is 0 Å². The first-order valence-corrected chi connectivity index (χ1v) is 16.5. The summed E-state index contributed by atoms with van der Waals surface area (Å²) in [6, 6.07) is 14.4. The molecule has 0 radical (unpaired) electrons. The number of hydrogen-bond donors (Lipinski definition) is 0. The van der Waals surface area contributed by atoms with Gasteiger partial charge in [0, 0.05) is 36.3 Å². The van der Waals surface area contributed by atoms with Crippen LogP contribution in [0.2, 0.25) is 0 Å². The van der Waals surface area contributed by atoms with E-state index in [1.807, 2.05) is 71.9 Å². The zero-order valence-corrected chi connectivity index (χ0v) is 29.5. The number of aryl methyl sites for hydroxylation is 1. The van der Waals surface area contributed by atoms with Gasteiger partial charge in [-0.15, -0.1) is 0 Å². The van der Waals surface area contributed by atoms with Crippen LogP contribution in [0.1, 0.15) is 89.9 Å². The molecule has 0 spiro atoms. The summed E-state index contributed by atoms with van der Waals surface area (Å²) in [4.78, 5) is 21.3. The van der Waals surface area contributed by atoms with E-state index in [9.17, 15) is 9.18 Å². The number of anilines is 1. The molecule has 1 aliphatic heterocycles. The molecule has 254 valence electrons. The quantitative estimate of drug-likeness (QED) is 0.144. The van der Waals surface area contributed by atoms with Crippen molar-refractivity contribution in [1.29, 1.82) is 0 Å². The Labute approximate surface area is 280 Å². The largest absolute Gasteiger partial charge is 0.504 e. The van der Waals surface area contributed by atoms with Crippen molar-refractivity contribution in [2.24, 2.45) is 5.41 Å². The Hall–Kier alpha value is -3.91. The van der Waals surface area contributed by atoms with Crippen LogP contribution in [0.4, 0.5) is 10.1 Å². The van der Waals surface area contributed by atoms with Crippen LogP contribution in [0.5, 0.6) is 5.75 Å². The van der Waals surface area contributed by atoms with E-state index in [0.29, 0.717) is 18.7 Å². The third-order valence-electron chi connectivity index (χ3n) is 8.24. The zero-order chi connectivity index (χ0) is 34.4. The second-order valence-corrected chi connectivity index (χ2v) is 14.3. The summed E-state index contributed by atoms with van der Waals surface area (Å²) in [7, 11) is 1.61. The molecule has 0 aliphatic carbocycles. The molecule has 4 rings (SSSR count). The second-order valence-electron chi connectivity index (χ2n) is 14.3. The van der Waals surface area contributed by atoms with Gasteiger partial charge < -0.3 is 23.8 Å². The number of halogens is 1. The summed E-state index contributed by atoms with van der Waals surface area (Å²) in [5.41, 5.74) is 5.46. The molecule has 8 heteroatoms. The highest BCUT2D eigenvalue weighted by Crippen LogP contribution is 2.46. The molecule has 0 unspecified atom stereocenters. The minimum atomic E-state index is -0.983. The van der Waals surface area contributed by atoms with Crippen LogP contribution in [-0.2, 0) is 25.4 Å². The molecule has 2 heterocycles. The molecule has 7 nitrogen and oxygen atoms in total. The van der Waals surface area contributed by atoms with Crippen molar-refractivity contribution in [1.82, 2.24) is 4.98 Å². The number of benzene rings is 2. The Bertz CT molecular complexity index is 1510. The number of carbonyl (C=O) groups is 1. The molecule has 1 saturated heterocycles. The Morgan fingerprint density at radius 3 is 2.26 bits per heavy atom. The van der Waals surface area contributed by atoms with Gasteiger partial charge in [-0.1, -0.05) is 38.1 Å². The number of esters is 1. The highest BCUT2D eigenvalue weighted by Gasteiger charge is 2.38. The van der Waals surface area contributed by atoms with Crippen LogP contribution in [0.3, 0.4) is 0 Å². The van der Waals surface area contributed by atoms with Gasteiger partial charge in [0.1, 0.15) is 11.6 Å². The van der Waals surface area contributed by atoms with Gasteiger partial charge in [-0.05, 0) is 101 Å². The van der Waals surface area contributed by atoms with Crippen molar-refractivity contribution >= 4 is 17.7 Å². The van der Waals surface area contributed by atoms with E-state index < -0.39 is 17.7 Å². The fraction of sp³-hybridized carbons (Fsp3) is 0.487. The van der Waals surface area contributed by atoms with Gasteiger partial charge >= 0.3 is 5.97 Å². The van der Waals surface area contributed by atoms with Crippen LogP contribution < -0.4 is 9.64 Å². The molecule has 0 amide bonds. The highest BCUT2D eigenvalue weighted by molar-refractivity contribution is 5.91. The fourth-order valence-corrected chi connectivity index (χ4v) is 5.77. The van der Waals surface area contributed by atoms with Crippen molar-refractivity contribution in [3.05, 3.63) is 83.1 Å². The number of ether oxygens (including phenoxy) is 4. The number of rotatable bonds is 12. The number of nitrogens with zero attached hydrogens (tertiary/aromatic N) is 2. The Morgan fingerprint density at radius 2 is 1.68 bits per heavy atom. The highest BCUT2D eigenvalue weighted by atomic mass is 19.1. The van der Waals surface area contributed by atoms with Crippen LogP contribution in [0.25, 0.3) is 17.2 Å². The van der Waals surface area contributed by atoms with Crippen LogP contribution >= 0.6 is 0 Å². The van der Waals surface area contributed by atoms with Crippen LogP contribution in [-0.4, -0.2) is 49.5 Å². The van der Waals surface area contributed by atoms with E-state index in [2.05, 4.69) is 18.7 Å². The Morgan fingerprint density at radius 1 is 1.04 bits per heavy atom. The van der Waals surface area contributed by atoms with Crippen molar-refractivity contribution in [2.75, 3.05) is 31.7 Å². The summed E-state index contributed by atoms with van der Waals surface area (Å²) in [6.45, 7) is 18.2. The lowest BCUT2D eigenvalue weighted by atomic mass is 9.81. The first kappa shape index (κ1) is 35.9. The Balaban J connectivity index is 1.84. The van der Waals surface area contributed by atoms with Crippen molar-refractivity contribution in [3.8, 4) is 16.9 Å². The molecule has 0 saturated carbocycles. The lowest BCUT2D eigenvalue weighted by Gasteiger charge is -2.41. The molecular weight excluding hydrogens is 595 g/mol. The van der Waals surface area contributed by atoms with E-state index >= 15 is 0 Å². The third-order valence-corrected chi connectivity index (χ3v) is 8.24. The summed E-state index contributed by atoms with van der Waals surface area (Å²) >= 11 is 0. The summed E-state index contributed by atoms with van der Waals surface area (Å²) in [6.07, 6.45) is 4.86. The van der Waals surface area contributed by atoms with Crippen LogP contribution in [0.15, 0.2) is 54.8 Å². The van der Waals surface area contributed by atoms with Gasteiger partial charge in [-0.25, -0.2) is 9.18 Å². The zero-order valence-electron chi connectivity index (χ0n) is 29.5. The van der Waals surface area contributed by atoms with E-state index in [4.69, 9.17) is 23.9 Å². The summed E-state index contributed by atoms with van der Waals surface area (Å²) in [5, 5.41) is 0. The number of aromatic nitrogens is 1. The number of hydrogen-bond acceptors (Lipinski definition) is 7. The average Bonchev–Trinajstić information content (AvgIpc) is 2.99. The lowest BCUT2D eigenvalue weighted by Crippen LogP contribution is -2.39. The molecular formula is C39H51FN2O5. The number of piperidine rings is 1. The van der Waals surface area contributed by atoms with Gasteiger partial charge in [0.05, 0.1) is 43.1 Å². The third kappa shape index (κ3) is 9.80. The van der Waals surface area contributed by atoms with E-state index in [1.165, 1.54) is 12.1 Å². The van der Waals surface area contributed by atoms with E-state index in [1.54, 1.807) is 25.5 Å². The predicted octanol–water partition coefficient (Wildman–Crippen LogP) is 8.87. The molecule has 0 bridgehead atoms. The average molecular weight is 647 g/mol. The first-order valence-electron chi connectivity index (χ1n) is 16.5. The maximum absolute atomic E-state index is 13.8. The maximum Gasteiger partial charge on any atom is 0.340 e. The molecule has 0 N–H and O–H groups in total. The maximum atomic E-state index is 13.8. The topological polar surface area (TPSA) is 70.1 Å². The molecule has 2 aromatic carbocycles. The minimum Gasteiger partial charge on any atom is -0.504 e. The molecule has 1 aromatic heterocycles. The molecule has 1 aliphatic rings. The summed E-state index contributed by atoms with van der Waals surface area (Å²) in [5.74, 6) is 0.0368. The monoisotopic (exact) mass is 646 g/mol. The number of methoxy groups -OCH3 is 1. The van der Waals surface area contributed by atoms with E-state index in [-0.39, 0.29) is 17.3 Å². The molecule has 1 fully saturated rings. The van der Waals surface area contributed by atoms with Crippen molar-refractivity contribution in [3.63, 3.8) is 0 Å². The first-order chi connectivity index (χ1) is 22.2. The van der Waals surface area contributed by atoms with Crippen molar-refractivity contribution < 1.29 is 28.1 Å². The SMILES string of the molecule is CO/C=C/c1nc(C)c([C@H](OC(C)(C)C)C(=O)OC(C)C)c(N2CCC(C)(C)CC2)c1-c1ccc(OCCc2ccc(F)cc2)cc1. The van der Waals surface area contributed by atoms with E-state index in [0.717, 1.165) is 65.3 Å². The fourth-order valence-electron chi connectivity index (χ4n) is 5.77. The van der Waals surface area contributed by atoms with Crippen molar-refractivity contribution in [2.45, 2.75) is 92.5 Å². The lowest BCUT2D eigenvalue weighted by molar-refractivity contribution is -0.171. The second kappa shape index (κ2) is 15.3. The summed E-state index contributed by atoms with van der Waals surface area (Å²) < 4.78 is 37.0. The normalized spacial score (nSPS) is 15.6.